The van der Waals surface area contributed by atoms with Crippen LogP contribution in [-0.4, -0.2) is 5.11 Å². The molecule has 3 nitrogen and oxygen atoms in total. The van der Waals surface area contributed by atoms with Crippen LogP contribution in [0.25, 0.3) is 0 Å². The Morgan fingerprint density at radius 3 is 2.65 bits per heavy atom. The first kappa shape index (κ1) is 12.0. The van der Waals surface area contributed by atoms with Gasteiger partial charge in [0.2, 0.25) is 0 Å². The molecule has 0 unspecified atom stereocenters. The number of furan rings is 1. The fraction of sp³-hybridized carbons (Fsp3) is 0.231. The van der Waals surface area contributed by atoms with E-state index in [1.165, 1.54) is 0 Å². The fourth-order valence-corrected chi connectivity index (χ4v) is 1.74. The summed E-state index contributed by atoms with van der Waals surface area (Å²) in [5.74, 6) is 2.00. The summed E-state index contributed by atoms with van der Waals surface area (Å²) >= 11 is 5.85. The second-order valence-electron chi connectivity index (χ2n) is 3.72. The quantitative estimate of drug-likeness (QED) is 0.908. The molecule has 2 aromatic rings. The summed E-state index contributed by atoms with van der Waals surface area (Å²) in [7, 11) is 0. The maximum Gasteiger partial charge on any atom is 0.146 e. The molecule has 0 saturated heterocycles. The van der Waals surface area contributed by atoms with E-state index in [2.05, 4.69) is 0 Å². The molecule has 0 aliphatic heterocycles. The first-order chi connectivity index (χ1) is 8.19. The van der Waals surface area contributed by atoms with Crippen LogP contribution >= 0.6 is 11.6 Å². The van der Waals surface area contributed by atoms with Crippen LogP contribution in [0.5, 0.6) is 5.75 Å². The molecule has 0 aliphatic rings. The molecule has 0 bridgehead atoms. The summed E-state index contributed by atoms with van der Waals surface area (Å²) in [5.41, 5.74) is 0.978. The lowest BCUT2D eigenvalue weighted by molar-refractivity contribution is 0.224. The van der Waals surface area contributed by atoms with Crippen molar-refractivity contribution in [1.82, 2.24) is 0 Å². The second-order valence-corrected chi connectivity index (χ2v) is 4.16. The second kappa shape index (κ2) is 5.25. The number of aryl methyl sites for hydroxylation is 1. The third-order valence-corrected chi connectivity index (χ3v) is 2.62. The summed E-state index contributed by atoms with van der Waals surface area (Å²) in [6.45, 7) is 2.17. The van der Waals surface area contributed by atoms with E-state index in [4.69, 9.17) is 25.9 Å². The normalized spacial score (nSPS) is 10.5. The maximum atomic E-state index is 8.86. The Balaban J connectivity index is 2.02. The molecule has 0 fully saturated rings. The van der Waals surface area contributed by atoms with Gasteiger partial charge in [-0.2, -0.15) is 0 Å². The number of hydrogen-bond acceptors (Lipinski definition) is 3. The van der Waals surface area contributed by atoms with E-state index >= 15 is 0 Å². The average molecular weight is 253 g/mol. The van der Waals surface area contributed by atoms with Crippen molar-refractivity contribution < 1.29 is 14.3 Å². The maximum absolute atomic E-state index is 8.86. The van der Waals surface area contributed by atoms with Crippen molar-refractivity contribution in [2.75, 3.05) is 0 Å². The van der Waals surface area contributed by atoms with E-state index < -0.39 is 0 Å². The first-order valence-corrected chi connectivity index (χ1v) is 5.64. The molecule has 1 N–H and O–H groups in total. The van der Waals surface area contributed by atoms with Crippen LogP contribution in [-0.2, 0) is 13.2 Å². The summed E-state index contributed by atoms with van der Waals surface area (Å²) < 4.78 is 10.9. The smallest absolute Gasteiger partial charge is 0.146 e. The average Bonchev–Trinajstić information content (AvgIpc) is 2.76. The molecule has 1 aromatic carbocycles. The summed E-state index contributed by atoms with van der Waals surface area (Å²) in [4.78, 5) is 0. The highest BCUT2D eigenvalue weighted by Gasteiger charge is 2.04. The highest BCUT2D eigenvalue weighted by Crippen LogP contribution is 2.23. The predicted molar refractivity (Wildman–Crippen MR) is 65.2 cm³/mol. The first-order valence-electron chi connectivity index (χ1n) is 5.26. The van der Waals surface area contributed by atoms with Gasteiger partial charge in [0.1, 0.15) is 30.5 Å². The molecule has 2 rings (SSSR count). The zero-order chi connectivity index (χ0) is 12.3. The Morgan fingerprint density at radius 1 is 1.24 bits per heavy atom. The molecule has 0 spiro atoms. The van der Waals surface area contributed by atoms with Gasteiger partial charge >= 0.3 is 0 Å². The highest BCUT2D eigenvalue weighted by molar-refractivity contribution is 6.30. The summed E-state index contributed by atoms with van der Waals surface area (Å²) in [6.07, 6.45) is 0. The fourth-order valence-electron chi connectivity index (χ4n) is 1.51. The van der Waals surface area contributed by atoms with Gasteiger partial charge in [-0.15, -0.1) is 0 Å². The van der Waals surface area contributed by atoms with Gasteiger partial charge in [-0.3, -0.25) is 0 Å². The number of ether oxygens (including phenoxy) is 1. The molecule has 0 atom stereocenters. The van der Waals surface area contributed by atoms with Gasteiger partial charge in [0.25, 0.3) is 0 Å². The van der Waals surface area contributed by atoms with E-state index in [9.17, 15) is 0 Å². The Labute approximate surface area is 105 Å². The topological polar surface area (TPSA) is 42.6 Å². The number of aliphatic hydroxyl groups is 1. The lowest BCUT2D eigenvalue weighted by Gasteiger charge is -2.07. The van der Waals surface area contributed by atoms with Gasteiger partial charge in [0.05, 0.1) is 0 Å². The molecule has 90 valence electrons. The minimum atomic E-state index is -0.0972. The Morgan fingerprint density at radius 2 is 2.00 bits per heavy atom. The van der Waals surface area contributed by atoms with Crippen LogP contribution in [0.2, 0.25) is 5.02 Å². The molecule has 0 radical (unpaired) electrons. The van der Waals surface area contributed by atoms with E-state index in [1.807, 2.05) is 19.1 Å². The standard InChI is InChI=1S/C13H13ClO3/c1-9-6-10(14)2-5-13(9)16-8-12-4-3-11(7-15)17-12/h2-6,15H,7-8H2,1H3. The molecule has 0 aliphatic carbocycles. The van der Waals surface area contributed by atoms with E-state index in [1.54, 1.807) is 18.2 Å². The Bertz CT molecular complexity index is 505. The lowest BCUT2D eigenvalue weighted by Crippen LogP contribution is -1.95. The number of aliphatic hydroxyl groups excluding tert-OH is 1. The molecular formula is C13H13ClO3. The summed E-state index contributed by atoms with van der Waals surface area (Å²) in [5, 5.41) is 9.55. The third-order valence-electron chi connectivity index (χ3n) is 2.38. The zero-order valence-electron chi connectivity index (χ0n) is 9.44. The minimum absolute atomic E-state index is 0.0972. The van der Waals surface area contributed by atoms with Gasteiger partial charge in [0.15, 0.2) is 0 Å². The summed E-state index contributed by atoms with van der Waals surface area (Å²) in [6, 6.07) is 8.97. The van der Waals surface area contributed by atoms with Crippen molar-refractivity contribution >= 4 is 11.6 Å². The lowest BCUT2D eigenvalue weighted by atomic mass is 10.2. The van der Waals surface area contributed by atoms with Crippen LogP contribution in [0.15, 0.2) is 34.7 Å². The zero-order valence-corrected chi connectivity index (χ0v) is 10.2. The van der Waals surface area contributed by atoms with E-state index in [0.29, 0.717) is 23.2 Å². The van der Waals surface area contributed by atoms with Crippen molar-refractivity contribution in [2.45, 2.75) is 20.1 Å². The van der Waals surface area contributed by atoms with Crippen LogP contribution < -0.4 is 4.74 Å². The van der Waals surface area contributed by atoms with E-state index in [0.717, 1.165) is 11.3 Å². The molecule has 17 heavy (non-hydrogen) atoms. The van der Waals surface area contributed by atoms with Gasteiger partial charge in [-0.1, -0.05) is 11.6 Å². The minimum Gasteiger partial charge on any atom is -0.485 e. The van der Waals surface area contributed by atoms with Gasteiger partial charge in [-0.05, 0) is 42.8 Å². The van der Waals surface area contributed by atoms with Crippen LogP contribution in [0, 0.1) is 6.92 Å². The molecule has 0 saturated carbocycles. The SMILES string of the molecule is Cc1cc(Cl)ccc1OCc1ccc(CO)o1. The number of rotatable bonds is 4. The van der Waals surface area contributed by atoms with Crippen LogP contribution in [0.1, 0.15) is 17.1 Å². The van der Waals surface area contributed by atoms with Crippen molar-refractivity contribution in [3.63, 3.8) is 0 Å². The molecule has 0 amide bonds. The van der Waals surface area contributed by atoms with Gasteiger partial charge in [-0.25, -0.2) is 0 Å². The van der Waals surface area contributed by atoms with Crippen molar-refractivity contribution in [3.05, 3.63) is 52.4 Å². The predicted octanol–water partition coefficient (Wildman–Crippen LogP) is 3.31. The highest BCUT2D eigenvalue weighted by atomic mass is 35.5. The van der Waals surface area contributed by atoms with Gasteiger partial charge < -0.3 is 14.3 Å². The number of hydrogen-bond donors (Lipinski definition) is 1. The van der Waals surface area contributed by atoms with Crippen molar-refractivity contribution in [1.29, 1.82) is 0 Å². The monoisotopic (exact) mass is 252 g/mol. The van der Waals surface area contributed by atoms with Gasteiger partial charge in [0, 0.05) is 5.02 Å². The Hall–Kier alpha value is -1.45. The molecule has 4 heteroatoms. The van der Waals surface area contributed by atoms with Crippen molar-refractivity contribution in [2.24, 2.45) is 0 Å². The number of benzene rings is 1. The third kappa shape index (κ3) is 3.02. The molecule has 1 heterocycles. The van der Waals surface area contributed by atoms with Crippen molar-refractivity contribution in [3.8, 4) is 5.75 Å². The van der Waals surface area contributed by atoms with Crippen LogP contribution in [0.4, 0.5) is 0 Å². The largest absolute Gasteiger partial charge is 0.485 e. The van der Waals surface area contributed by atoms with E-state index in [-0.39, 0.29) is 6.61 Å². The molecule has 1 aromatic heterocycles. The Kier molecular flexibility index (Phi) is 3.71. The van der Waals surface area contributed by atoms with Crippen LogP contribution in [0.3, 0.4) is 0 Å². The number of halogens is 1. The molecular weight excluding hydrogens is 240 g/mol.